The van der Waals surface area contributed by atoms with Gasteiger partial charge in [-0.25, -0.2) is 4.98 Å². The van der Waals surface area contributed by atoms with Crippen molar-refractivity contribution in [3.8, 4) is 0 Å². The summed E-state index contributed by atoms with van der Waals surface area (Å²) in [6.45, 7) is 1.69. The molecular weight excluding hydrogens is 230 g/mol. The fourth-order valence-electron chi connectivity index (χ4n) is 2.32. The molecule has 1 aromatic carbocycles. The maximum atomic E-state index is 12.3. The van der Waals surface area contributed by atoms with Crippen LogP contribution < -0.4 is 10.2 Å². The molecule has 0 radical (unpaired) electrons. The molecule has 1 saturated heterocycles. The highest BCUT2D eigenvalue weighted by Gasteiger charge is 2.26. The molecule has 0 bridgehead atoms. The van der Waals surface area contributed by atoms with E-state index in [4.69, 9.17) is 4.42 Å². The Bertz CT molecular complexity index is 572. The summed E-state index contributed by atoms with van der Waals surface area (Å²) in [6, 6.07) is 5.61. The summed E-state index contributed by atoms with van der Waals surface area (Å²) in [4.78, 5) is 18.0. The Morgan fingerprint density at radius 1 is 1.56 bits per heavy atom. The molecular formula is C13H15N3O2. The van der Waals surface area contributed by atoms with Crippen molar-refractivity contribution in [2.45, 2.75) is 6.42 Å². The van der Waals surface area contributed by atoms with Gasteiger partial charge in [0.1, 0.15) is 5.52 Å². The molecule has 0 saturated carbocycles. The first-order chi connectivity index (χ1) is 8.75. The van der Waals surface area contributed by atoms with E-state index in [2.05, 4.69) is 10.3 Å². The smallest absolute Gasteiger partial charge is 0.231 e. The molecule has 0 spiro atoms. The Morgan fingerprint density at radius 3 is 3.22 bits per heavy atom. The quantitative estimate of drug-likeness (QED) is 0.869. The van der Waals surface area contributed by atoms with Crippen molar-refractivity contribution in [2.24, 2.45) is 5.92 Å². The number of nitrogens with one attached hydrogen (secondary N) is 1. The first-order valence-corrected chi connectivity index (χ1v) is 6.07. The SMILES string of the molecule is CN(C(=O)C1CCNC1)c1ccc2ncoc2c1. The van der Waals surface area contributed by atoms with Gasteiger partial charge in [-0.1, -0.05) is 0 Å². The van der Waals surface area contributed by atoms with Gasteiger partial charge in [0.15, 0.2) is 12.0 Å². The maximum Gasteiger partial charge on any atom is 0.231 e. The first-order valence-electron chi connectivity index (χ1n) is 6.07. The molecule has 5 heteroatoms. The van der Waals surface area contributed by atoms with Gasteiger partial charge >= 0.3 is 0 Å². The fraction of sp³-hybridized carbons (Fsp3) is 0.385. The third kappa shape index (κ3) is 1.86. The molecule has 1 aliphatic heterocycles. The number of rotatable bonds is 2. The van der Waals surface area contributed by atoms with Crippen molar-refractivity contribution in [1.29, 1.82) is 0 Å². The zero-order valence-corrected chi connectivity index (χ0v) is 10.2. The van der Waals surface area contributed by atoms with E-state index in [0.29, 0.717) is 5.58 Å². The molecule has 3 rings (SSSR count). The van der Waals surface area contributed by atoms with Crippen LogP contribution in [-0.4, -0.2) is 31.0 Å². The molecule has 1 unspecified atom stereocenters. The molecule has 1 aromatic heterocycles. The number of anilines is 1. The fourth-order valence-corrected chi connectivity index (χ4v) is 2.32. The first kappa shape index (κ1) is 11.2. The summed E-state index contributed by atoms with van der Waals surface area (Å²) in [7, 11) is 1.80. The van der Waals surface area contributed by atoms with Gasteiger partial charge in [-0.2, -0.15) is 0 Å². The van der Waals surface area contributed by atoms with Crippen LogP contribution in [0.15, 0.2) is 29.0 Å². The molecule has 1 amide bonds. The molecule has 1 aliphatic rings. The van der Waals surface area contributed by atoms with E-state index in [0.717, 1.165) is 30.7 Å². The van der Waals surface area contributed by atoms with Gasteiger partial charge in [0.25, 0.3) is 0 Å². The van der Waals surface area contributed by atoms with Gasteiger partial charge in [-0.3, -0.25) is 4.79 Å². The van der Waals surface area contributed by atoms with Crippen LogP contribution in [0.4, 0.5) is 5.69 Å². The molecule has 2 heterocycles. The van der Waals surface area contributed by atoms with Crippen LogP contribution >= 0.6 is 0 Å². The average Bonchev–Trinajstić information content (AvgIpc) is 3.06. The minimum Gasteiger partial charge on any atom is -0.443 e. The minimum absolute atomic E-state index is 0.0837. The van der Waals surface area contributed by atoms with Gasteiger partial charge in [-0.15, -0.1) is 0 Å². The van der Waals surface area contributed by atoms with Crippen molar-refractivity contribution in [3.63, 3.8) is 0 Å². The van der Waals surface area contributed by atoms with Crippen LogP contribution in [0.25, 0.3) is 11.1 Å². The van der Waals surface area contributed by atoms with E-state index in [1.807, 2.05) is 18.2 Å². The Balaban J connectivity index is 1.85. The average molecular weight is 245 g/mol. The van der Waals surface area contributed by atoms with Gasteiger partial charge in [0, 0.05) is 25.3 Å². The standard InChI is InChI=1S/C13H15N3O2/c1-16(13(17)9-4-5-14-7-9)10-2-3-11-12(6-10)18-8-15-11/h2-3,6,8-9,14H,4-5,7H2,1H3. The zero-order valence-electron chi connectivity index (χ0n) is 10.2. The summed E-state index contributed by atoms with van der Waals surface area (Å²) in [5.74, 6) is 0.235. The number of carbonyl (C=O) groups excluding carboxylic acids is 1. The van der Waals surface area contributed by atoms with E-state index in [9.17, 15) is 4.79 Å². The number of aromatic nitrogens is 1. The predicted octanol–water partition coefficient (Wildman–Crippen LogP) is 1.40. The number of amides is 1. The number of hydrogen-bond acceptors (Lipinski definition) is 4. The molecule has 1 atom stereocenters. The zero-order chi connectivity index (χ0) is 12.5. The summed E-state index contributed by atoms with van der Waals surface area (Å²) < 4.78 is 5.25. The second-order valence-corrected chi connectivity index (χ2v) is 4.59. The second-order valence-electron chi connectivity index (χ2n) is 4.59. The summed E-state index contributed by atoms with van der Waals surface area (Å²) in [6.07, 6.45) is 2.32. The van der Waals surface area contributed by atoms with Crippen LogP contribution in [0, 0.1) is 5.92 Å². The van der Waals surface area contributed by atoms with Crippen molar-refractivity contribution in [1.82, 2.24) is 10.3 Å². The van der Waals surface area contributed by atoms with Crippen LogP contribution in [0.2, 0.25) is 0 Å². The lowest BCUT2D eigenvalue weighted by atomic mass is 10.1. The minimum atomic E-state index is 0.0837. The van der Waals surface area contributed by atoms with E-state index < -0.39 is 0 Å². The van der Waals surface area contributed by atoms with Crippen molar-refractivity contribution < 1.29 is 9.21 Å². The monoisotopic (exact) mass is 245 g/mol. The number of carbonyl (C=O) groups is 1. The highest BCUT2D eigenvalue weighted by atomic mass is 16.3. The Kier molecular flexibility index (Phi) is 2.76. The molecule has 1 N–H and O–H groups in total. The van der Waals surface area contributed by atoms with Crippen LogP contribution in [0.1, 0.15) is 6.42 Å². The number of hydrogen-bond donors (Lipinski definition) is 1. The van der Waals surface area contributed by atoms with E-state index in [1.54, 1.807) is 11.9 Å². The Labute approximate surface area is 105 Å². The maximum absolute atomic E-state index is 12.3. The lowest BCUT2D eigenvalue weighted by Crippen LogP contribution is -2.33. The predicted molar refractivity (Wildman–Crippen MR) is 68.4 cm³/mol. The summed E-state index contributed by atoms with van der Waals surface area (Å²) in [5.41, 5.74) is 2.36. The Hall–Kier alpha value is -1.88. The van der Waals surface area contributed by atoms with Crippen molar-refractivity contribution in [2.75, 3.05) is 25.0 Å². The molecule has 18 heavy (non-hydrogen) atoms. The molecule has 2 aromatic rings. The Morgan fingerprint density at radius 2 is 2.44 bits per heavy atom. The number of oxazole rings is 1. The van der Waals surface area contributed by atoms with Crippen LogP contribution in [-0.2, 0) is 4.79 Å². The highest BCUT2D eigenvalue weighted by molar-refractivity contribution is 5.96. The molecule has 5 nitrogen and oxygen atoms in total. The second kappa shape index (κ2) is 4.42. The number of nitrogens with zero attached hydrogens (tertiary/aromatic N) is 2. The normalized spacial score (nSPS) is 19.3. The van der Waals surface area contributed by atoms with Crippen LogP contribution in [0.5, 0.6) is 0 Å². The van der Waals surface area contributed by atoms with E-state index >= 15 is 0 Å². The van der Waals surface area contributed by atoms with E-state index in [1.165, 1.54) is 6.39 Å². The lowest BCUT2D eigenvalue weighted by Gasteiger charge is -2.20. The van der Waals surface area contributed by atoms with Crippen molar-refractivity contribution in [3.05, 3.63) is 24.6 Å². The lowest BCUT2D eigenvalue weighted by molar-refractivity contribution is -0.121. The van der Waals surface area contributed by atoms with Gasteiger partial charge in [-0.05, 0) is 25.1 Å². The number of fused-ring (bicyclic) bond motifs is 1. The van der Waals surface area contributed by atoms with Gasteiger partial charge < -0.3 is 14.6 Å². The van der Waals surface area contributed by atoms with E-state index in [-0.39, 0.29) is 11.8 Å². The molecule has 0 aliphatic carbocycles. The number of benzene rings is 1. The van der Waals surface area contributed by atoms with Crippen LogP contribution in [0.3, 0.4) is 0 Å². The topological polar surface area (TPSA) is 58.4 Å². The van der Waals surface area contributed by atoms with Gasteiger partial charge in [0.05, 0.1) is 5.92 Å². The molecule has 94 valence electrons. The largest absolute Gasteiger partial charge is 0.443 e. The third-order valence-electron chi connectivity index (χ3n) is 3.44. The van der Waals surface area contributed by atoms with Gasteiger partial charge in [0.2, 0.25) is 5.91 Å². The summed E-state index contributed by atoms with van der Waals surface area (Å²) >= 11 is 0. The summed E-state index contributed by atoms with van der Waals surface area (Å²) in [5, 5.41) is 3.21. The van der Waals surface area contributed by atoms with Crippen molar-refractivity contribution >= 4 is 22.7 Å². The molecule has 1 fully saturated rings. The highest BCUT2D eigenvalue weighted by Crippen LogP contribution is 2.22. The third-order valence-corrected chi connectivity index (χ3v) is 3.44.